The molecule has 1 aromatic rings. The van der Waals surface area contributed by atoms with E-state index in [1.807, 2.05) is 30.3 Å². The average molecular weight is 315 g/mol. The smallest absolute Gasteiger partial charge is 0.232 e. The molecule has 0 saturated carbocycles. The van der Waals surface area contributed by atoms with E-state index in [4.69, 9.17) is 10.5 Å². The lowest BCUT2D eigenvalue weighted by atomic mass is 9.54. The van der Waals surface area contributed by atoms with E-state index in [0.717, 1.165) is 37.0 Å². The van der Waals surface area contributed by atoms with Gasteiger partial charge in [0, 0.05) is 0 Å². The molecule has 0 aromatic heterocycles. The van der Waals surface area contributed by atoms with Gasteiger partial charge in [-0.15, -0.1) is 0 Å². The first-order valence-electron chi connectivity index (χ1n) is 8.50. The number of rotatable bonds is 6. The molecule has 0 fully saturated rings. The van der Waals surface area contributed by atoms with Gasteiger partial charge in [-0.3, -0.25) is 4.79 Å². The minimum atomic E-state index is -0.733. The lowest BCUT2D eigenvalue weighted by Crippen LogP contribution is -2.52. The minimum absolute atomic E-state index is 0.0406. The fraction of sp³-hybridized carbons (Fsp3) is 0.550. The van der Waals surface area contributed by atoms with Crippen LogP contribution in [0.4, 0.5) is 0 Å². The zero-order chi connectivity index (χ0) is 17.1. The highest BCUT2D eigenvalue weighted by Gasteiger charge is 2.51. The van der Waals surface area contributed by atoms with Gasteiger partial charge in [0.25, 0.3) is 0 Å². The monoisotopic (exact) mass is 315 g/mol. The second-order valence-electron chi connectivity index (χ2n) is 7.25. The van der Waals surface area contributed by atoms with E-state index in [0.29, 0.717) is 0 Å². The van der Waals surface area contributed by atoms with E-state index in [9.17, 15) is 4.79 Å². The second kappa shape index (κ2) is 6.77. The van der Waals surface area contributed by atoms with Crippen molar-refractivity contribution in [2.75, 3.05) is 7.11 Å². The van der Waals surface area contributed by atoms with E-state index in [1.165, 1.54) is 0 Å². The summed E-state index contributed by atoms with van der Waals surface area (Å²) in [6.45, 7) is 6.68. The van der Waals surface area contributed by atoms with Crippen LogP contribution in [0.25, 0.3) is 0 Å². The van der Waals surface area contributed by atoms with Gasteiger partial charge >= 0.3 is 0 Å². The van der Waals surface area contributed by atoms with Crippen molar-refractivity contribution in [1.82, 2.24) is 0 Å². The van der Waals surface area contributed by atoms with Crippen LogP contribution < -0.4 is 10.5 Å². The molecule has 1 amide bonds. The molecular weight excluding hydrogens is 286 g/mol. The molecule has 0 saturated heterocycles. The highest BCUT2D eigenvalue weighted by atomic mass is 16.5. The summed E-state index contributed by atoms with van der Waals surface area (Å²) in [5.41, 5.74) is 6.24. The summed E-state index contributed by atoms with van der Waals surface area (Å²) in [5.74, 6) is 0.733. The molecule has 1 aliphatic rings. The van der Waals surface area contributed by atoms with Crippen molar-refractivity contribution in [2.45, 2.75) is 51.9 Å². The fourth-order valence-corrected chi connectivity index (χ4v) is 4.01. The Morgan fingerprint density at radius 1 is 1.30 bits per heavy atom. The number of hydrogen-bond donors (Lipinski definition) is 1. The summed E-state index contributed by atoms with van der Waals surface area (Å²) in [7, 11) is 1.65. The molecule has 0 heterocycles. The van der Waals surface area contributed by atoms with Crippen molar-refractivity contribution in [1.29, 1.82) is 0 Å². The first-order chi connectivity index (χ1) is 10.9. The third-order valence-electron chi connectivity index (χ3n) is 5.34. The van der Waals surface area contributed by atoms with Crippen LogP contribution in [0.15, 0.2) is 36.4 Å². The van der Waals surface area contributed by atoms with Gasteiger partial charge in [0.15, 0.2) is 0 Å². The molecule has 1 aromatic carbocycles. The van der Waals surface area contributed by atoms with Gasteiger partial charge in [-0.05, 0) is 41.9 Å². The molecule has 3 heteroatoms. The molecule has 2 unspecified atom stereocenters. The van der Waals surface area contributed by atoms with Gasteiger partial charge in [-0.1, -0.05) is 57.9 Å². The number of carbonyl (C=O) groups excluding carboxylic acids is 1. The number of primary amides is 1. The number of nitrogens with two attached hydrogens (primary N) is 1. The number of methoxy groups -OCH3 is 1. The van der Waals surface area contributed by atoms with Crippen molar-refractivity contribution in [3.8, 4) is 5.75 Å². The number of hydrogen-bond acceptors (Lipinski definition) is 2. The van der Waals surface area contributed by atoms with Crippen molar-refractivity contribution in [3.05, 3.63) is 42.0 Å². The maximum atomic E-state index is 12.6. The molecule has 0 radical (unpaired) electrons. The van der Waals surface area contributed by atoms with E-state index < -0.39 is 5.41 Å². The first-order valence-corrected chi connectivity index (χ1v) is 8.50. The molecule has 3 nitrogen and oxygen atoms in total. The third kappa shape index (κ3) is 3.15. The molecule has 2 N–H and O–H groups in total. The van der Waals surface area contributed by atoms with Gasteiger partial charge in [-0.25, -0.2) is 0 Å². The highest BCUT2D eigenvalue weighted by Crippen LogP contribution is 2.51. The standard InChI is InChI=1S/C20H29NO2/c1-5-6-8-17-19(2,3)13-7-14-20(17,18(21)22)15-9-11-16(23-4)12-10-15/h7,9-12,14,17H,5-6,8,13H2,1-4H3,(H2,21,22). The second-order valence-corrected chi connectivity index (χ2v) is 7.25. The number of benzene rings is 1. The van der Waals surface area contributed by atoms with E-state index in [2.05, 4.69) is 26.8 Å². The lowest BCUT2D eigenvalue weighted by Gasteiger charge is -2.48. The van der Waals surface area contributed by atoms with Gasteiger partial charge in [-0.2, -0.15) is 0 Å². The SMILES string of the molecule is CCCCC1C(C)(C)CC=CC1(C(N)=O)c1ccc(OC)cc1. The minimum Gasteiger partial charge on any atom is -0.497 e. The van der Waals surface area contributed by atoms with Crippen LogP contribution in [0.1, 0.15) is 52.0 Å². The van der Waals surface area contributed by atoms with E-state index in [-0.39, 0.29) is 17.2 Å². The van der Waals surface area contributed by atoms with Gasteiger partial charge < -0.3 is 10.5 Å². The number of carbonyl (C=O) groups is 1. The van der Waals surface area contributed by atoms with Crippen molar-refractivity contribution in [3.63, 3.8) is 0 Å². The molecule has 1 aliphatic carbocycles. The molecule has 2 rings (SSSR count). The van der Waals surface area contributed by atoms with Crippen molar-refractivity contribution < 1.29 is 9.53 Å². The summed E-state index contributed by atoms with van der Waals surface area (Å²) >= 11 is 0. The maximum Gasteiger partial charge on any atom is 0.232 e. The molecule has 0 bridgehead atoms. The summed E-state index contributed by atoms with van der Waals surface area (Å²) < 4.78 is 5.25. The predicted octanol–water partition coefficient (Wildman–Crippen LogP) is 4.21. The zero-order valence-electron chi connectivity index (χ0n) is 14.8. The van der Waals surface area contributed by atoms with Gasteiger partial charge in [0.1, 0.15) is 5.75 Å². The molecule has 126 valence electrons. The van der Waals surface area contributed by atoms with Crippen LogP contribution in [-0.4, -0.2) is 13.0 Å². The Labute approximate surface area is 139 Å². The third-order valence-corrected chi connectivity index (χ3v) is 5.34. The highest BCUT2D eigenvalue weighted by molar-refractivity contribution is 5.90. The van der Waals surface area contributed by atoms with Crippen LogP contribution in [0.2, 0.25) is 0 Å². The molecule has 2 atom stereocenters. The Bertz CT molecular complexity index is 574. The Morgan fingerprint density at radius 3 is 2.48 bits per heavy atom. The first kappa shape index (κ1) is 17.6. The quantitative estimate of drug-likeness (QED) is 0.799. The van der Waals surface area contributed by atoms with Crippen molar-refractivity contribution in [2.24, 2.45) is 17.1 Å². The van der Waals surface area contributed by atoms with Crippen LogP contribution in [0, 0.1) is 11.3 Å². The van der Waals surface area contributed by atoms with E-state index >= 15 is 0 Å². The number of unbranched alkanes of at least 4 members (excludes halogenated alkanes) is 1. The summed E-state index contributed by atoms with van der Waals surface area (Å²) in [5, 5.41) is 0. The molecule has 23 heavy (non-hydrogen) atoms. The van der Waals surface area contributed by atoms with Crippen LogP contribution in [-0.2, 0) is 10.2 Å². The van der Waals surface area contributed by atoms with Crippen LogP contribution in [0.3, 0.4) is 0 Å². The Morgan fingerprint density at radius 2 is 1.96 bits per heavy atom. The normalized spacial score (nSPS) is 26.0. The van der Waals surface area contributed by atoms with Crippen LogP contribution in [0.5, 0.6) is 5.75 Å². The Hall–Kier alpha value is -1.77. The zero-order valence-corrected chi connectivity index (χ0v) is 14.8. The Kier molecular flexibility index (Phi) is 5.18. The summed E-state index contributed by atoms with van der Waals surface area (Å²) in [6, 6.07) is 7.78. The van der Waals surface area contributed by atoms with Gasteiger partial charge in [0.05, 0.1) is 12.5 Å². The largest absolute Gasteiger partial charge is 0.497 e. The average Bonchev–Trinajstić information content (AvgIpc) is 2.52. The number of allylic oxidation sites excluding steroid dienone is 1. The maximum absolute atomic E-state index is 12.6. The van der Waals surface area contributed by atoms with Crippen LogP contribution >= 0.6 is 0 Å². The Balaban J connectivity index is 2.56. The number of ether oxygens (including phenoxy) is 1. The lowest BCUT2D eigenvalue weighted by molar-refractivity contribution is -0.126. The molecule has 0 spiro atoms. The van der Waals surface area contributed by atoms with Crippen molar-refractivity contribution >= 4 is 5.91 Å². The van der Waals surface area contributed by atoms with E-state index in [1.54, 1.807) is 7.11 Å². The summed E-state index contributed by atoms with van der Waals surface area (Å²) in [6.07, 6.45) is 8.37. The molecule has 0 aliphatic heterocycles. The summed E-state index contributed by atoms with van der Waals surface area (Å²) in [4.78, 5) is 12.6. The van der Waals surface area contributed by atoms with Gasteiger partial charge in [0.2, 0.25) is 5.91 Å². The number of amides is 1. The topological polar surface area (TPSA) is 52.3 Å². The molecular formula is C20H29NO2. The predicted molar refractivity (Wildman–Crippen MR) is 94.4 cm³/mol. The fourth-order valence-electron chi connectivity index (χ4n) is 4.01.